The molecule has 11 heteroatoms. The first-order chi connectivity index (χ1) is 20.4. The number of nitrogens with two attached hydrogens (primary N) is 1. The topological polar surface area (TPSA) is 168 Å². The highest BCUT2D eigenvalue weighted by molar-refractivity contribution is 6.38. The fourth-order valence-electron chi connectivity index (χ4n) is 6.58. The molecule has 240 valence electrons. The summed E-state index contributed by atoms with van der Waals surface area (Å²) in [5, 5.41) is 8.50. The molecule has 3 fully saturated rings. The smallest absolute Gasteiger partial charge is 0.315 e. The van der Waals surface area contributed by atoms with Crippen LogP contribution in [0.2, 0.25) is 0 Å². The third kappa shape index (κ3) is 6.97. The summed E-state index contributed by atoms with van der Waals surface area (Å²) in [5.74, 6) is -3.17. The molecule has 5 N–H and O–H groups in total. The first-order valence-electron chi connectivity index (χ1n) is 15.5. The van der Waals surface area contributed by atoms with Crippen molar-refractivity contribution in [1.29, 1.82) is 0 Å². The summed E-state index contributed by atoms with van der Waals surface area (Å²) >= 11 is 0. The van der Waals surface area contributed by atoms with Gasteiger partial charge in [0.25, 0.3) is 5.91 Å². The van der Waals surface area contributed by atoms with E-state index in [-0.39, 0.29) is 41.3 Å². The minimum atomic E-state index is -1.10. The molecule has 1 unspecified atom stereocenters. The first kappa shape index (κ1) is 33.1. The molecule has 44 heavy (non-hydrogen) atoms. The Hall–Kier alpha value is -3.76. The van der Waals surface area contributed by atoms with Crippen molar-refractivity contribution in [2.24, 2.45) is 40.2 Å². The molecular weight excluding hydrogens is 562 g/mol. The van der Waals surface area contributed by atoms with Gasteiger partial charge in [-0.25, -0.2) is 4.79 Å². The number of carbonyl (C=O) groups excluding carboxylic acids is 6. The molecule has 5 amide bonds. The van der Waals surface area contributed by atoms with E-state index in [1.165, 1.54) is 4.90 Å². The molecular formula is C33H47N5O6. The van der Waals surface area contributed by atoms with Crippen molar-refractivity contribution in [2.75, 3.05) is 6.54 Å². The molecule has 0 radical (unpaired) electrons. The summed E-state index contributed by atoms with van der Waals surface area (Å²) in [5.41, 5.74) is 4.92. The van der Waals surface area contributed by atoms with Crippen molar-refractivity contribution < 1.29 is 28.8 Å². The van der Waals surface area contributed by atoms with Crippen molar-refractivity contribution in [1.82, 2.24) is 20.9 Å². The number of carbonyl (C=O) groups is 6. The first-order valence-corrected chi connectivity index (χ1v) is 15.5. The van der Waals surface area contributed by atoms with E-state index in [4.69, 9.17) is 5.73 Å². The fourth-order valence-corrected chi connectivity index (χ4v) is 6.58. The molecule has 0 aromatic heterocycles. The molecule has 1 heterocycles. The Labute approximate surface area is 259 Å². The van der Waals surface area contributed by atoms with Gasteiger partial charge < -0.3 is 26.6 Å². The highest BCUT2D eigenvalue weighted by Crippen LogP contribution is 2.65. The van der Waals surface area contributed by atoms with Crippen molar-refractivity contribution in [3.63, 3.8) is 0 Å². The molecule has 1 aliphatic heterocycles. The lowest BCUT2D eigenvalue weighted by Crippen LogP contribution is -2.62. The Bertz CT molecular complexity index is 1320. The standard InChI is InChI=1S/C33H47N5O6/c1-17(2)21(15-22(39)18-11-9-8-10-12-18)35-31(44)37-27(32(3,4)5)30(43)38-16-20-23(33(20,6)7)25(38)29(42)36-24(19-13-14-19)26(40)28(34)41/h8-12,17,19-21,23-25,27H,13-16H2,1-7H3,(H2,34,41)(H,36,42)(H2,35,37,44)/t20-,21+,23-,24?,25-,27+/m0/s1. The maximum atomic E-state index is 14.2. The second-order valence-electron chi connectivity index (χ2n) is 14.7. The Morgan fingerprint density at radius 3 is 2.11 bits per heavy atom. The fraction of sp³-hybridized carbons (Fsp3) is 0.636. The number of hydrogen-bond acceptors (Lipinski definition) is 6. The van der Waals surface area contributed by atoms with Crippen LogP contribution in [0.3, 0.4) is 0 Å². The maximum Gasteiger partial charge on any atom is 0.315 e. The number of piperidine rings is 1. The minimum absolute atomic E-state index is 0.0549. The van der Waals surface area contributed by atoms with Gasteiger partial charge in [0.1, 0.15) is 18.1 Å². The normalized spacial score (nSPS) is 24.0. The number of nitrogens with one attached hydrogen (secondary N) is 3. The molecule has 3 aliphatic rings. The molecule has 4 rings (SSSR count). The van der Waals surface area contributed by atoms with E-state index in [1.807, 2.05) is 54.5 Å². The SMILES string of the molecule is CC(C)[C@@H](CC(=O)c1ccccc1)NC(=O)N[C@H](C(=O)N1C[C@H]2[C@@H]([C@H]1C(=O)NC(C(=O)C(N)=O)C1CC1)C2(C)C)C(C)(C)C. The van der Waals surface area contributed by atoms with E-state index in [1.54, 1.807) is 24.3 Å². The van der Waals surface area contributed by atoms with E-state index in [9.17, 15) is 28.8 Å². The molecule has 0 spiro atoms. The minimum Gasteiger partial charge on any atom is -0.363 e. The highest BCUT2D eigenvalue weighted by Gasteiger charge is 2.70. The highest BCUT2D eigenvalue weighted by atomic mass is 16.2. The van der Waals surface area contributed by atoms with Crippen LogP contribution in [0.4, 0.5) is 4.79 Å². The number of fused-ring (bicyclic) bond motifs is 1. The van der Waals surface area contributed by atoms with Gasteiger partial charge >= 0.3 is 6.03 Å². The van der Waals surface area contributed by atoms with Crippen molar-refractivity contribution in [2.45, 2.75) is 91.9 Å². The summed E-state index contributed by atoms with van der Waals surface area (Å²) < 4.78 is 0. The third-order valence-electron chi connectivity index (χ3n) is 9.69. The van der Waals surface area contributed by atoms with E-state index < -0.39 is 59.1 Å². The van der Waals surface area contributed by atoms with E-state index in [0.29, 0.717) is 24.9 Å². The number of primary amides is 1. The van der Waals surface area contributed by atoms with Crippen LogP contribution < -0.4 is 21.7 Å². The van der Waals surface area contributed by atoms with Crippen LogP contribution in [-0.4, -0.2) is 70.9 Å². The predicted octanol–water partition coefficient (Wildman–Crippen LogP) is 2.43. The maximum absolute atomic E-state index is 14.2. The van der Waals surface area contributed by atoms with Crippen LogP contribution in [0.1, 0.15) is 78.1 Å². The zero-order chi connectivity index (χ0) is 32.7. The number of rotatable bonds is 12. The number of hydrogen-bond donors (Lipinski definition) is 4. The van der Waals surface area contributed by atoms with Crippen LogP contribution >= 0.6 is 0 Å². The monoisotopic (exact) mass is 609 g/mol. The lowest BCUT2D eigenvalue weighted by atomic mass is 9.85. The summed E-state index contributed by atoms with van der Waals surface area (Å²) in [7, 11) is 0. The zero-order valence-electron chi connectivity index (χ0n) is 26.8. The Kier molecular flexibility index (Phi) is 9.28. The van der Waals surface area contributed by atoms with Gasteiger partial charge in [-0.15, -0.1) is 0 Å². The number of ketones is 2. The molecule has 1 aromatic carbocycles. The van der Waals surface area contributed by atoms with Crippen molar-refractivity contribution in [3.8, 4) is 0 Å². The number of Topliss-reactive ketones (excluding diaryl/α,β-unsaturated/α-hetero) is 2. The summed E-state index contributed by atoms with van der Waals surface area (Å²) in [6, 6.07) is 4.98. The van der Waals surface area contributed by atoms with Crippen LogP contribution in [0.15, 0.2) is 30.3 Å². The van der Waals surface area contributed by atoms with Crippen LogP contribution in [0, 0.1) is 34.5 Å². The molecule has 2 aliphatic carbocycles. The molecule has 2 saturated carbocycles. The molecule has 6 atom stereocenters. The number of amides is 5. The van der Waals surface area contributed by atoms with E-state index in [0.717, 1.165) is 0 Å². The van der Waals surface area contributed by atoms with Gasteiger partial charge in [-0.2, -0.15) is 0 Å². The predicted molar refractivity (Wildman–Crippen MR) is 164 cm³/mol. The van der Waals surface area contributed by atoms with Crippen LogP contribution in [0.25, 0.3) is 0 Å². The average Bonchev–Trinajstić information content (AvgIpc) is 3.82. The lowest BCUT2D eigenvalue weighted by molar-refractivity contribution is -0.145. The zero-order valence-corrected chi connectivity index (χ0v) is 26.8. The Morgan fingerprint density at radius 1 is 0.977 bits per heavy atom. The quantitative estimate of drug-likeness (QED) is 0.210. The van der Waals surface area contributed by atoms with Gasteiger partial charge in [0.2, 0.25) is 17.6 Å². The third-order valence-corrected chi connectivity index (χ3v) is 9.69. The van der Waals surface area contributed by atoms with Gasteiger partial charge in [0, 0.05) is 24.6 Å². The molecule has 11 nitrogen and oxygen atoms in total. The van der Waals surface area contributed by atoms with E-state index >= 15 is 0 Å². The van der Waals surface area contributed by atoms with Crippen molar-refractivity contribution >= 4 is 35.3 Å². The van der Waals surface area contributed by atoms with Gasteiger partial charge in [-0.3, -0.25) is 24.0 Å². The van der Waals surface area contributed by atoms with Gasteiger partial charge in [-0.05, 0) is 47.3 Å². The second-order valence-corrected chi connectivity index (χ2v) is 14.7. The summed E-state index contributed by atoms with van der Waals surface area (Å²) in [6.07, 6.45) is 1.50. The van der Waals surface area contributed by atoms with Crippen LogP contribution in [0.5, 0.6) is 0 Å². The number of benzene rings is 1. The molecule has 1 aromatic rings. The van der Waals surface area contributed by atoms with Gasteiger partial charge in [0.15, 0.2) is 5.78 Å². The molecule has 0 bridgehead atoms. The average molecular weight is 610 g/mol. The summed E-state index contributed by atoms with van der Waals surface area (Å²) in [6.45, 7) is 13.8. The lowest BCUT2D eigenvalue weighted by Gasteiger charge is -2.38. The van der Waals surface area contributed by atoms with Crippen LogP contribution in [-0.2, 0) is 19.2 Å². The number of likely N-dealkylation sites (tertiary alicyclic amines) is 1. The Balaban J connectivity index is 1.50. The number of urea groups is 1. The van der Waals surface area contributed by atoms with Gasteiger partial charge in [0.05, 0.1) is 0 Å². The summed E-state index contributed by atoms with van der Waals surface area (Å²) in [4.78, 5) is 79.8. The largest absolute Gasteiger partial charge is 0.363 e. The second kappa shape index (κ2) is 12.3. The Morgan fingerprint density at radius 2 is 1.59 bits per heavy atom. The van der Waals surface area contributed by atoms with Gasteiger partial charge in [-0.1, -0.05) is 78.8 Å². The van der Waals surface area contributed by atoms with Crippen molar-refractivity contribution in [3.05, 3.63) is 35.9 Å². The number of nitrogens with zero attached hydrogens (tertiary/aromatic N) is 1. The van der Waals surface area contributed by atoms with E-state index in [2.05, 4.69) is 16.0 Å². The molecule has 1 saturated heterocycles.